The highest BCUT2D eigenvalue weighted by atomic mass is 19.3. The van der Waals surface area contributed by atoms with Crippen LogP contribution in [0, 0.1) is 6.92 Å². The summed E-state index contributed by atoms with van der Waals surface area (Å²) in [7, 11) is 2.34. The molecule has 1 aromatic carbocycles. The summed E-state index contributed by atoms with van der Waals surface area (Å²) in [5, 5.41) is 0. The van der Waals surface area contributed by atoms with Gasteiger partial charge in [-0.3, -0.25) is 0 Å². The van der Waals surface area contributed by atoms with Gasteiger partial charge >= 0.3 is 11.9 Å². The summed E-state index contributed by atoms with van der Waals surface area (Å²) in [6, 6.07) is 4.85. The Hall–Kier alpha value is -2.68. The van der Waals surface area contributed by atoms with Gasteiger partial charge in [-0.25, -0.2) is 18.4 Å². The monoisotopic (exact) mass is 371 g/mol. The third-order valence-corrected chi connectivity index (χ3v) is 3.60. The first kappa shape index (κ1) is 19.6. The molecule has 0 saturated carbocycles. The Morgan fingerprint density at radius 3 is 2.54 bits per heavy atom. The fourth-order valence-electron chi connectivity index (χ4n) is 2.45. The van der Waals surface area contributed by atoms with Gasteiger partial charge in [-0.05, 0) is 24.6 Å². The minimum Gasteiger partial charge on any atom is -0.485 e. The molecule has 2 rings (SSSR count). The van der Waals surface area contributed by atoms with Crippen molar-refractivity contribution in [2.75, 3.05) is 39.1 Å². The highest BCUT2D eigenvalue weighted by Gasteiger charge is 2.33. The van der Waals surface area contributed by atoms with Crippen LogP contribution in [0.25, 0.3) is 0 Å². The number of nitrogens with zero attached hydrogens (tertiary/aromatic N) is 1. The van der Waals surface area contributed by atoms with E-state index >= 15 is 0 Å². The Labute approximate surface area is 149 Å². The third-order valence-electron chi connectivity index (χ3n) is 3.60. The lowest BCUT2D eigenvalue weighted by Gasteiger charge is -2.32. The highest BCUT2D eigenvalue weighted by Crippen LogP contribution is 2.35. The Bertz CT molecular complexity index is 719. The smallest absolute Gasteiger partial charge is 0.355 e. The number of alkyl halides is 2. The van der Waals surface area contributed by atoms with Gasteiger partial charge in [0.15, 0.2) is 0 Å². The number of carbonyl (C=O) groups excluding carboxylic acids is 2. The predicted molar refractivity (Wildman–Crippen MR) is 87.0 cm³/mol. The van der Waals surface area contributed by atoms with Crippen LogP contribution in [0.4, 0.5) is 14.5 Å². The standard InChI is InChI=1S/C17H19F2NO6/c1-10-4-5-12(13(6-10)26-8-14(18)19)20-9-25-7-11(16(21)23-2)15(20)17(22)24-3/h4-6,14H,7-9H2,1-3H3. The first-order valence-electron chi connectivity index (χ1n) is 7.65. The Morgan fingerprint density at radius 1 is 1.23 bits per heavy atom. The van der Waals surface area contributed by atoms with Gasteiger partial charge in [0.2, 0.25) is 0 Å². The van der Waals surface area contributed by atoms with Gasteiger partial charge in [0.05, 0.1) is 32.1 Å². The van der Waals surface area contributed by atoms with E-state index in [1.165, 1.54) is 19.1 Å². The number of rotatable bonds is 6. The van der Waals surface area contributed by atoms with Crippen molar-refractivity contribution < 1.29 is 37.3 Å². The third kappa shape index (κ3) is 4.29. The minimum absolute atomic E-state index is 0.0361. The van der Waals surface area contributed by atoms with E-state index in [0.29, 0.717) is 0 Å². The number of aryl methyl sites for hydroxylation is 1. The van der Waals surface area contributed by atoms with Crippen molar-refractivity contribution in [3.63, 3.8) is 0 Å². The van der Waals surface area contributed by atoms with Crippen molar-refractivity contribution in [3.05, 3.63) is 35.0 Å². The number of ether oxygens (including phenoxy) is 4. The molecule has 0 unspecified atom stereocenters. The molecule has 0 spiro atoms. The second kappa shape index (κ2) is 8.61. The summed E-state index contributed by atoms with van der Waals surface area (Å²) in [5.41, 5.74) is 0.938. The minimum atomic E-state index is -2.66. The maximum absolute atomic E-state index is 12.6. The highest BCUT2D eigenvalue weighted by molar-refractivity contribution is 6.03. The van der Waals surface area contributed by atoms with Gasteiger partial charge in [0.1, 0.15) is 24.8 Å². The molecule has 0 amide bonds. The molecule has 0 radical (unpaired) electrons. The SMILES string of the molecule is COC(=O)C1=C(C(=O)OC)N(c2ccc(C)cc2OCC(F)F)COC1. The van der Waals surface area contributed by atoms with E-state index in [0.717, 1.165) is 5.56 Å². The maximum Gasteiger partial charge on any atom is 0.355 e. The van der Waals surface area contributed by atoms with Gasteiger partial charge in [-0.2, -0.15) is 0 Å². The van der Waals surface area contributed by atoms with Crippen molar-refractivity contribution in [2.24, 2.45) is 0 Å². The molecular formula is C17H19F2NO6. The summed E-state index contributed by atoms with van der Waals surface area (Å²) in [6.07, 6.45) is -2.66. The number of hydrogen-bond acceptors (Lipinski definition) is 7. The molecule has 0 bridgehead atoms. The van der Waals surface area contributed by atoms with Crippen molar-refractivity contribution >= 4 is 17.6 Å². The molecule has 7 nitrogen and oxygen atoms in total. The zero-order valence-electron chi connectivity index (χ0n) is 14.6. The zero-order valence-corrected chi connectivity index (χ0v) is 14.6. The van der Waals surface area contributed by atoms with Gasteiger partial charge in [-0.1, -0.05) is 6.07 Å². The molecule has 0 saturated heterocycles. The molecule has 1 aliphatic rings. The number of hydrogen-bond donors (Lipinski definition) is 0. The van der Waals surface area contributed by atoms with Crippen molar-refractivity contribution in [1.29, 1.82) is 0 Å². The summed E-state index contributed by atoms with van der Waals surface area (Å²) in [4.78, 5) is 25.6. The summed E-state index contributed by atoms with van der Waals surface area (Å²) >= 11 is 0. The molecule has 1 aromatic rings. The van der Waals surface area contributed by atoms with Gasteiger partial charge in [-0.15, -0.1) is 0 Å². The lowest BCUT2D eigenvalue weighted by Crippen LogP contribution is -2.39. The Balaban J connectivity index is 2.54. The molecule has 26 heavy (non-hydrogen) atoms. The van der Waals surface area contributed by atoms with Crippen LogP contribution in [0.1, 0.15) is 5.56 Å². The van der Waals surface area contributed by atoms with Gasteiger partial charge in [0.25, 0.3) is 6.43 Å². The fraction of sp³-hybridized carbons (Fsp3) is 0.412. The molecular weight excluding hydrogens is 352 g/mol. The van der Waals surface area contributed by atoms with Crippen molar-refractivity contribution in [2.45, 2.75) is 13.3 Å². The van der Waals surface area contributed by atoms with E-state index in [1.54, 1.807) is 25.1 Å². The van der Waals surface area contributed by atoms with E-state index < -0.39 is 25.0 Å². The first-order valence-corrected chi connectivity index (χ1v) is 7.65. The quantitative estimate of drug-likeness (QED) is 0.709. The number of benzene rings is 1. The molecule has 0 fully saturated rings. The Kier molecular flexibility index (Phi) is 6.51. The lowest BCUT2D eigenvalue weighted by atomic mass is 10.1. The van der Waals surface area contributed by atoms with E-state index in [1.807, 2.05) is 0 Å². The molecule has 9 heteroatoms. The van der Waals surface area contributed by atoms with Crippen LogP contribution in [0.15, 0.2) is 29.5 Å². The molecule has 1 heterocycles. The van der Waals surface area contributed by atoms with Crippen LogP contribution >= 0.6 is 0 Å². The molecule has 0 aliphatic carbocycles. The predicted octanol–water partition coefficient (Wildman–Crippen LogP) is 2.03. The average molecular weight is 371 g/mol. The normalized spacial score (nSPS) is 14.5. The van der Waals surface area contributed by atoms with Crippen LogP contribution < -0.4 is 9.64 Å². The van der Waals surface area contributed by atoms with Crippen LogP contribution in [0.5, 0.6) is 5.75 Å². The fourth-order valence-corrected chi connectivity index (χ4v) is 2.45. The van der Waals surface area contributed by atoms with E-state index in [2.05, 4.69) is 4.74 Å². The topological polar surface area (TPSA) is 74.3 Å². The maximum atomic E-state index is 12.6. The van der Waals surface area contributed by atoms with Gasteiger partial charge in [0, 0.05) is 0 Å². The number of esters is 2. The van der Waals surface area contributed by atoms with E-state index in [9.17, 15) is 18.4 Å². The van der Waals surface area contributed by atoms with Crippen molar-refractivity contribution in [1.82, 2.24) is 0 Å². The second-order valence-corrected chi connectivity index (χ2v) is 5.39. The molecule has 0 N–H and O–H groups in total. The van der Waals surface area contributed by atoms with Crippen LogP contribution in [-0.2, 0) is 23.8 Å². The number of halogens is 2. The number of carbonyl (C=O) groups is 2. The largest absolute Gasteiger partial charge is 0.485 e. The second-order valence-electron chi connectivity index (χ2n) is 5.39. The van der Waals surface area contributed by atoms with Gasteiger partial charge < -0.3 is 23.8 Å². The zero-order chi connectivity index (χ0) is 19.3. The number of methoxy groups -OCH3 is 2. The molecule has 0 aromatic heterocycles. The number of anilines is 1. The first-order chi connectivity index (χ1) is 12.4. The summed E-state index contributed by atoms with van der Waals surface area (Å²) in [6.45, 7) is 0.709. The Morgan fingerprint density at radius 2 is 1.92 bits per heavy atom. The van der Waals surface area contributed by atoms with Crippen LogP contribution in [0.2, 0.25) is 0 Å². The summed E-state index contributed by atoms with van der Waals surface area (Å²) in [5.74, 6) is -1.41. The summed E-state index contributed by atoms with van der Waals surface area (Å²) < 4.78 is 45.1. The van der Waals surface area contributed by atoms with E-state index in [-0.39, 0.29) is 36.0 Å². The molecule has 142 valence electrons. The lowest BCUT2D eigenvalue weighted by molar-refractivity contribution is -0.140. The van der Waals surface area contributed by atoms with Crippen LogP contribution in [-0.4, -0.2) is 52.5 Å². The molecule has 0 atom stereocenters. The van der Waals surface area contributed by atoms with Crippen LogP contribution in [0.3, 0.4) is 0 Å². The average Bonchev–Trinajstić information content (AvgIpc) is 2.64. The molecule has 1 aliphatic heterocycles. The van der Waals surface area contributed by atoms with E-state index in [4.69, 9.17) is 14.2 Å². The van der Waals surface area contributed by atoms with Crippen molar-refractivity contribution in [3.8, 4) is 5.75 Å².